The third-order valence-electron chi connectivity index (χ3n) is 6.19. The number of carbonyl (C=O) groups is 3. The van der Waals surface area contributed by atoms with Crippen LogP contribution in [0, 0.1) is 12.8 Å². The molecule has 3 unspecified atom stereocenters. The van der Waals surface area contributed by atoms with Gasteiger partial charge in [-0.3, -0.25) is 4.79 Å². The van der Waals surface area contributed by atoms with E-state index in [1.165, 1.54) is 14.0 Å². The van der Waals surface area contributed by atoms with Crippen LogP contribution in [-0.2, 0) is 45.9 Å². The molecule has 0 amide bonds. The number of carboxylic acids is 1. The molecule has 1 aromatic carbocycles. The van der Waals surface area contributed by atoms with Gasteiger partial charge in [0.2, 0.25) is 6.79 Å². The van der Waals surface area contributed by atoms with Gasteiger partial charge < -0.3 is 29.2 Å². The molecule has 214 valence electrons. The molecular weight excluding hydrogens is 531 g/mol. The molecule has 0 radical (unpaired) electrons. The van der Waals surface area contributed by atoms with Crippen LogP contribution in [0.4, 0.5) is 0 Å². The lowest BCUT2D eigenvalue weighted by molar-refractivity contribution is -0.159. The molecule has 0 aromatic heterocycles. The maximum absolute atomic E-state index is 12.1. The number of carboxylic acid groups (broad SMARTS) is 1. The maximum Gasteiger partial charge on any atom is 0.514 e. The number of benzene rings is 1. The van der Waals surface area contributed by atoms with Crippen LogP contribution in [0.5, 0.6) is 11.5 Å². The zero-order valence-corrected chi connectivity index (χ0v) is 23.7. The second-order valence-electron chi connectivity index (χ2n) is 8.94. The van der Waals surface area contributed by atoms with Crippen molar-refractivity contribution in [2.45, 2.75) is 59.7 Å². The SMILES string of the molecule is CCOC(=O)C(C)OCO[P+](=O)CC=CCC(CC(C)=CCc1c(O)c2c(c(C)c1OC)COC2=O)C(=O)O. The molecule has 0 fully saturated rings. The van der Waals surface area contributed by atoms with E-state index in [-0.39, 0.29) is 56.7 Å². The first kappa shape index (κ1) is 31.9. The zero-order chi connectivity index (χ0) is 29.1. The summed E-state index contributed by atoms with van der Waals surface area (Å²) in [4.78, 5) is 35.4. The smallest absolute Gasteiger partial charge is 0.507 e. The first-order valence-electron chi connectivity index (χ1n) is 12.5. The standard InChI is InChI=1S/C27H35O11P/c1-6-35-26(31)18(4)37-15-38-39(33)12-8-7-9-19(25(29)30)13-16(2)10-11-20-23(28)22-21(14-36-27(22)32)17(3)24(20)34-5/h7-8,10,18-19H,6,9,11-15H2,1-5H3,(H-,28,29,30,32)/p+1. The Bertz CT molecular complexity index is 1140. The quantitative estimate of drug-likeness (QED) is 0.125. The molecule has 2 N–H and O–H groups in total. The highest BCUT2D eigenvalue weighted by Gasteiger charge is 2.32. The van der Waals surface area contributed by atoms with E-state index in [0.29, 0.717) is 22.4 Å². The summed E-state index contributed by atoms with van der Waals surface area (Å²) in [6.07, 6.45) is 4.92. The number of aromatic hydroxyl groups is 1. The fraction of sp³-hybridized carbons (Fsp3) is 0.519. The van der Waals surface area contributed by atoms with E-state index in [4.69, 9.17) is 23.5 Å². The van der Waals surface area contributed by atoms with E-state index < -0.39 is 38.0 Å². The van der Waals surface area contributed by atoms with Crippen molar-refractivity contribution in [2.24, 2.45) is 5.92 Å². The van der Waals surface area contributed by atoms with Crippen LogP contribution in [-0.4, -0.2) is 60.9 Å². The van der Waals surface area contributed by atoms with Crippen molar-refractivity contribution in [2.75, 3.05) is 26.7 Å². The maximum atomic E-state index is 12.1. The number of esters is 2. The molecule has 39 heavy (non-hydrogen) atoms. The fourth-order valence-corrected chi connectivity index (χ4v) is 4.65. The van der Waals surface area contributed by atoms with Crippen LogP contribution < -0.4 is 4.74 Å². The Morgan fingerprint density at radius 2 is 1.97 bits per heavy atom. The van der Waals surface area contributed by atoms with E-state index in [9.17, 15) is 29.2 Å². The van der Waals surface area contributed by atoms with Crippen molar-refractivity contribution in [1.29, 1.82) is 0 Å². The molecule has 11 nitrogen and oxygen atoms in total. The molecule has 0 saturated heterocycles. The van der Waals surface area contributed by atoms with Crippen LogP contribution in [0.2, 0.25) is 0 Å². The summed E-state index contributed by atoms with van der Waals surface area (Å²) >= 11 is 0. The van der Waals surface area contributed by atoms with Crippen molar-refractivity contribution >= 4 is 25.9 Å². The summed E-state index contributed by atoms with van der Waals surface area (Å²) in [5.74, 6) is -2.55. The van der Waals surface area contributed by atoms with Gasteiger partial charge in [0.1, 0.15) is 23.7 Å². The number of hydrogen-bond acceptors (Lipinski definition) is 10. The zero-order valence-electron chi connectivity index (χ0n) is 22.9. The van der Waals surface area contributed by atoms with Crippen molar-refractivity contribution in [3.63, 3.8) is 0 Å². The number of allylic oxidation sites excluding steroid dienone is 4. The highest BCUT2D eigenvalue weighted by atomic mass is 31.1. The Morgan fingerprint density at radius 1 is 1.26 bits per heavy atom. The third-order valence-corrected chi connectivity index (χ3v) is 7.10. The predicted molar refractivity (Wildman–Crippen MR) is 141 cm³/mol. The molecule has 1 aromatic rings. The lowest BCUT2D eigenvalue weighted by atomic mass is 9.93. The van der Waals surface area contributed by atoms with Crippen LogP contribution in [0.15, 0.2) is 23.8 Å². The Kier molecular flexibility index (Phi) is 12.6. The molecule has 0 saturated carbocycles. The fourth-order valence-electron chi connectivity index (χ4n) is 4.04. The molecule has 1 aliphatic heterocycles. The summed E-state index contributed by atoms with van der Waals surface area (Å²) < 4.78 is 37.5. The normalized spacial score (nSPS) is 15.1. The lowest BCUT2D eigenvalue weighted by Gasteiger charge is -2.16. The van der Waals surface area contributed by atoms with Crippen molar-refractivity contribution in [3.8, 4) is 11.5 Å². The van der Waals surface area contributed by atoms with Crippen LogP contribution >= 0.6 is 8.03 Å². The van der Waals surface area contributed by atoms with Crippen molar-refractivity contribution < 1.29 is 52.6 Å². The molecule has 2 rings (SSSR count). The summed E-state index contributed by atoms with van der Waals surface area (Å²) in [5, 5.41) is 20.4. The van der Waals surface area contributed by atoms with Gasteiger partial charge in [0, 0.05) is 11.1 Å². The second-order valence-corrected chi connectivity index (χ2v) is 10.2. The van der Waals surface area contributed by atoms with Gasteiger partial charge in [0.25, 0.3) is 0 Å². The number of carbonyl (C=O) groups excluding carboxylic acids is 2. The molecule has 0 spiro atoms. The van der Waals surface area contributed by atoms with Gasteiger partial charge in [-0.05, 0) is 63.2 Å². The summed E-state index contributed by atoms with van der Waals surface area (Å²) in [5.41, 5.74) is 2.67. The van der Waals surface area contributed by atoms with E-state index in [2.05, 4.69) is 0 Å². The number of methoxy groups -OCH3 is 1. The van der Waals surface area contributed by atoms with Crippen molar-refractivity contribution in [3.05, 3.63) is 46.1 Å². The van der Waals surface area contributed by atoms with Gasteiger partial charge in [-0.15, -0.1) is 4.52 Å². The van der Waals surface area contributed by atoms with E-state index >= 15 is 0 Å². The monoisotopic (exact) mass is 567 g/mol. The average molecular weight is 568 g/mol. The van der Waals surface area contributed by atoms with Gasteiger partial charge >= 0.3 is 25.9 Å². The minimum atomic E-state index is -2.09. The molecular formula is C27H36O11P+. The highest BCUT2D eigenvalue weighted by molar-refractivity contribution is 7.39. The Balaban J connectivity index is 1.92. The Morgan fingerprint density at radius 3 is 2.62 bits per heavy atom. The van der Waals surface area contributed by atoms with Crippen LogP contribution in [0.1, 0.15) is 60.7 Å². The largest absolute Gasteiger partial charge is 0.514 e. The lowest BCUT2D eigenvalue weighted by Crippen LogP contribution is -2.23. The topological polar surface area (TPSA) is 155 Å². The Hall–Kier alpha value is -3.27. The van der Waals surface area contributed by atoms with Gasteiger partial charge in [-0.2, -0.15) is 0 Å². The number of hydrogen-bond donors (Lipinski definition) is 2. The summed E-state index contributed by atoms with van der Waals surface area (Å²) in [6, 6.07) is 0. The van der Waals surface area contributed by atoms with E-state index in [1.807, 2.05) is 0 Å². The van der Waals surface area contributed by atoms with E-state index in [1.54, 1.807) is 39.0 Å². The number of phenolic OH excluding ortho intramolecular Hbond substituents is 1. The van der Waals surface area contributed by atoms with Crippen LogP contribution in [0.25, 0.3) is 0 Å². The second kappa shape index (κ2) is 15.4. The van der Waals surface area contributed by atoms with E-state index in [0.717, 1.165) is 5.57 Å². The average Bonchev–Trinajstić information content (AvgIpc) is 3.28. The molecule has 1 heterocycles. The number of rotatable bonds is 16. The van der Waals surface area contributed by atoms with Gasteiger partial charge in [0.15, 0.2) is 12.3 Å². The number of fused-ring (bicyclic) bond motifs is 1. The Labute approximate surface area is 228 Å². The summed E-state index contributed by atoms with van der Waals surface area (Å²) in [7, 11) is -0.610. The number of cyclic esters (lactones) is 1. The first-order valence-corrected chi connectivity index (χ1v) is 13.9. The number of aliphatic carboxylic acids is 1. The van der Waals surface area contributed by atoms with Crippen LogP contribution in [0.3, 0.4) is 0 Å². The molecule has 3 atom stereocenters. The summed E-state index contributed by atoms with van der Waals surface area (Å²) in [6.45, 7) is 6.73. The minimum Gasteiger partial charge on any atom is -0.507 e. The van der Waals surface area contributed by atoms with Gasteiger partial charge in [-0.25, -0.2) is 9.59 Å². The molecule has 1 aliphatic rings. The van der Waals surface area contributed by atoms with Crippen molar-refractivity contribution in [1.82, 2.24) is 0 Å². The minimum absolute atomic E-state index is 0.0623. The number of phenols is 1. The number of ether oxygens (including phenoxy) is 4. The molecule has 0 aliphatic carbocycles. The van der Waals surface area contributed by atoms with Gasteiger partial charge in [0.05, 0.1) is 19.6 Å². The molecule has 12 heteroatoms. The first-order chi connectivity index (χ1) is 18.5. The van der Waals surface area contributed by atoms with Gasteiger partial charge in [-0.1, -0.05) is 17.7 Å². The highest BCUT2D eigenvalue weighted by Crippen LogP contribution is 2.42. The third kappa shape index (κ3) is 8.88. The predicted octanol–water partition coefficient (Wildman–Crippen LogP) is 4.59. The molecule has 0 bridgehead atoms.